The Kier molecular flexibility index (Phi) is 5.40. The molecule has 2 fully saturated rings. The molecule has 0 atom stereocenters. The molecule has 26 heavy (non-hydrogen) atoms. The van der Waals surface area contributed by atoms with Crippen LogP contribution in [0.5, 0.6) is 0 Å². The Morgan fingerprint density at radius 2 is 1.50 bits per heavy atom. The van der Waals surface area contributed by atoms with Crippen molar-refractivity contribution in [2.75, 3.05) is 5.32 Å². The van der Waals surface area contributed by atoms with E-state index < -0.39 is 5.41 Å². The van der Waals surface area contributed by atoms with Gasteiger partial charge >= 0.3 is 0 Å². The van der Waals surface area contributed by atoms with E-state index >= 15 is 0 Å². The van der Waals surface area contributed by atoms with Crippen LogP contribution in [0, 0.1) is 5.41 Å². The highest BCUT2D eigenvalue weighted by atomic mass is 16.2. The molecule has 2 N–H and O–H groups in total. The minimum absolute atomic E-state index is 0.0757. The molecular weight excluding hydrogens is 324 g/mol. The molecule has 0 heterocycles. The first-order chi connectivity index (χ1) is 12.3. The van der Waals surface area contributed by atoms with E-state index in [2.05, 4.69) is 31.4 Å². The lowest BCUT2D eigenvalue weighted by atomic mass is 9.87. The molecule has 1 aromatic rings. The van der Waals surface area contributed by atoms with Gasteiger partial charge in [-0.15, -0.1) is 0 Å². The van der Waals surface area contributed by atoms with E-state index in [4.69, 9.17) is 0 Å². The van der Waals surface area contributed by atoms with Crippen LogP contribution in [0.4, 0.5) is 5.69 Å². The quantitative estimate of drug-likeness (QED) is 0.614. The average Bonchev–Trinajstić information content (AvgIpc) is 3.40. The maximum absolute atomic E-state index is 12.8. The molecule has 2 saturated carbocycles. The Morgan fingerprint density at radius 3 is 2.00 bits per heavy atom. The standard InChI is InChI=1S/C22H32N2O2/c1-21(2,3)16-10-12-18(13-11-16)24-20(26)22(14-15-22)19(25)23-17-8-6-4-5-7-9-17/h10-13,17H,4-9,14-15H2,1-3H3,(H,23,25)(H,24,26). The van der Waals surface area contributed by atoms with Crippen molar-refractivity contribution in [3.63, 3.8) is 0 Å². The van der Waals surface area contributed by atoms with Gasteiger partial charge in [0.25, 0.3) is 0 Å². The van der Waals surface area contributed by atoms with Gasteiger partial charge in [0.2, 0.25) is 11.8 Å². The van der Waals surface area contributed by atoms with Crippen LogP contribution >= 0.6 is 0 Å². The maximum atomic E-state index is 12.8. The summed E-state index contributed by atoms with van der Waals surface area (Å²) in [6, 6.07) is 8.18. The number of carbonyl (C=O) groups excluding carboxylic acids is 2. The van der Waals surface area contributed by atoms with Gasteiger partial charge in [0.05, 0.1) is 0 Å². The average molecular weight is 357 g/mol. The van der Waals surface area contributed by atoms with Crippen molar-refractivity contribution in [2.24, 2.45) is 5.41 Å². The molecule has 4 nitrogen and oxygen atoms in total. The first-order valence-electron chi connectivity index (χ1n) is 10.0. The number of hydrogen-bond acceptors (Lipinski definition) is 2. The Hall–Kier alpha value is -1.84. The number of rotatable bonds is 4. The van der Waals surface area contributed by atoms with Crippen LogP contribution in [0.15, 0.2) is 24.3 Å². The van der Waals surface area contributed by atoms with E-state index in [9.17, 15) is 9.59 Å². The van der Waals surface area contributed by atoms with E-state index in [1.165, 1.54) is 31.2 Å². The summed E-state index contributed by atoms with van der Waals surface area (Å²) < 4.78 is 0. The molecule has 0 radical (unpaired) electrons. The van der Waals surface area contributed by atoms with Gasteiger partial charge in [-0.25, -0.2) is 0 Å². The van der Waals surface area contributed by atoms with Crippen molar-refractivity contribution in [3.8, 4) is 0 Å². The number of amides is 2. The van der Waals surface area contributed by atoms with Crippen LogP contribution in [-0.4, -0.2) is 17.9 Å². The molecule has 0 spiro atoms. The van der Waals surface area contributed by atoms with E-state index in [1.807, 2.05) is 24.3 Å². The van der Waals surface area contributed by atoms with Crippen LogP contribution in [0.2, 0.25) is 0 Å². The predicted octanol–water partition coefficient (Wildman–Crippen LogP) is 4.54. The third-order valence-corrected chi connectivity index (χ3v) is 5.82. The molecule has 2 aliphatic carbocycles. The van der Waals surface area contributed by atoms with Crippen LogP contribution < -0.4 is 10.6 Å². The predicted molar refractivity (Wildman–Crippen MR) is 105 cm³/mol. The Bertz CT molecular complexity index is 646. The van der Waals surface area contributed by atoms with E-state index in [0.29, 0.717) is 12.8 Å². The molecule has 4 heteroatoms. The summed E-state index contributed by atoms with van der Waals surface area (Å²) in [7, 11) is 0. The monoisotopic (exact) mass is 356 g/mol. The lowest BCUT2D eigenvalue weighted by Crippen LogP contribution is -2.44. The maximum Gasteiger partial charge on any atom is 0.240 e. The third-order valence-electron chi connectivity index (χ3n) is 5.82. The van der Waals surface area contributed by atoms with Gasteiger partial charge in [-0.1, -0.05) is 58.6 Å². The minimum atomic E-state index is -0.852. The summed E-state index contributed by atoms with van der Waals surface area (Å²) in [5.74, 6) is -0.236. The Morgan fingerprint density at radius 1 is 0.923 bits per heavy atom. The molecule has 0 unspecified atom stereocenters. The van der Waals surface area contributed by atoms with E-state index in [-0.39, 0.29) is 23.3 Å². The largest absolute Gasteiger partial charge is 0.352 e. The van der Waals surface area contributed by atoms with Crippen LogP contribution in [0.25, 0.3) is 0 Å². The summed E-state index contributed by atoms with van der Waals surface area (Å²) in [6.45, 7) is 6.49. The zero-order chi connectivity index (χ0) is 18.8. The smallest absolute Gasteiger partial charge is 0.240 e. The van der Waals surface area contributed by atoms with Crippen LogP contribution in [0.1, 0.15) is 77.7 Å². The van der Waals surface area contributed by atoms with Gasteiger partial charge in [0.1, 0.15) is 5.41 Å². The van der Waals surface area contributed by atoms with Crippen molar-refractivity contribution in [1.29, 1.82) is 0 Å². The van der Waals surface area contributed by atoms with Crippen LogP contribution in [0.3, 0.4) is 0 Å². The molecular formula is C22H32N2O2. The number of carbonyl (C=O) groups is 2. The molecule has 2 amide bonds. The summed E-state index contributed by atoms with van der Waals surface area (Å²) in [4.78, 5) is 25.5. The second-order valence-electron chi connectivity index (χ2n) is 9.03. The van der Waals surface area contributed by atoms with Gasteiger partial charge in [-0.2, -0.15) is 0 Å². The zero-order valence-electron chi connectivity index (χ0n) is 16.4. The SMILES string of the molecule is CC(C)(C)c1ccc(NC(=O)C2(C(=O)NC3CCCCCC3)CC2)cc1. The molecule has 1 aromatic carbocycles. The first kappa shape index (κ1) is 18.9. The first-order valence-corrected chi connectivity index (χ1v) is 10.0. The highest BCUT2D eigenvalue weighted by Crippen LogP contribution is 2.47. The van der Waals surface area contributed by atoms with Gasteiger partial charge < -0.3 is 10.6 Å². The number of hydrogen-bond donors (Lipinski definition) is 2. The third kappa shape index (κ3) is 4.28. The van der Waals surface area contributed by atoms with E-state index in [0.717, 1.165) is 18.5 Å². The topological polar surface area (TPSA) is 58.2 Å². The molecule has 3 rings (SSSR count). The molecule has 0 aromatic heterocycles. The molecule has 0 bridgehead atoms. The van der Waals surface area contributed by atoms with Crippen molar-refractivity contribution in [2.45, 2.75) is 83.6 Å². The highest BCUT2D eigenvalue weighted by molar-refractivity contribution is 6.13. The van der Waals surface area contributed by atoms with E-state index in [1.54, 1.807) is 0 Å². The normalized spacial score (nSPS) is 20.1. The number of benzene rings is 1. The lowest BCUT2D eigenvalue weighted by Gasteiger charge is -2.22. The summed E-state index contributed by atoms with van der Waals surface area (Å²) in [5.41, 5.74) is 1.22. The highest BCUT2D eigenvalue weighted by Gasteiger charge is 2.56. The number of nitrogens with one attached hydrogen (secondary N) is 2. The van der Waals surface area contributed by atoms with Gasteiger partial charge in [0, 0.05) is 11.7 Å². The second-order valence-corrected chi connectivity index (χ2v) is 9.03. The summed E-state index contributed by atoms with van der Waals surface area (Å²) >= 11 is 0. The molecule has 0 saturated heterocycles. The molecule has 0 aliphatic heterocycles. The van der Waals surface area contributed by atoms with Crippen LogP contribution in [-0.2, 0) is 15.0 Å². The van der Waals surface area contributed by atoms with Gasteiger partial charge in [0.15, 0.2) is 0 Å². The minimum Gasteiger partial charge on any atom is -0.352 e. The zero-order valence-corrected chi connectivity index (χ0v) is 16.4. The fraction of sp³-hybridized carbons (Fsp3) is 0.636. The summed E-state index contributed by atoms with van der Waals surface area (Å²) in [6.07, 6.45) is 8.23. The van der Waals surface area contributed by atoms with Gasteiger partial charge in [-0.05, 0) is 48.8 Å². The molecule has 2 aliphatic rings. The van der Waals surface area contributed by atoms with Gasteiger partial charge in [-0.3, -0.25) is 9.59 Å². The summed E-state index contributed by atoms with van der Waals surface area (Å²) in [5, 5.41) is 6.11. The van der Waals surface area contributed by atoms with Crippen molar-refractivity contribution in [3.05, 3.63) is 29.8 Å². The Labute approximate surface area is 157 Å². The van der Waals surface area contributed by atoms with Crippen molar-refractivity contribution >= 4 is 17.5 Å². The van der Waals surface area contributed by atoms with Crippen molar-refractivity contribution < 1.29 is 9.59 Å². The Balaban J connectivity index is 1.60. The fourth-order valence-corrected chi connectivity index (χ4v) is 3.73. The second kappa shape index (κ2) is 7.42. The molecule has 142 valence electrons. The lowest BCUT2D eigenvalue weighted by molar-refractivity contribution is -0.134. The number of anilines is 1. The van der Waals surface area contributed by atoms with Crippen molar-refractivity contribution in [1.82, 2.24) is 5.32 Å². The fourth-order valence-electron chi connectivity index (χ4n) is 3.73.